The maximum absolute atomic E-state index is 11.9. The Hall–Kier alpha value is -3.49. The number of ether oxygens (including phenoxy) is 4. The molecule has 0 saturated carbocycles. The molecule has 264 valence electrons. The zero-order valence-corrected chi connectivity index (χ0v) is 33.2. The van der Waals surface area contributed by atoms with Crippen molar-refractivity contribution in [3.8, 4) is 0 Å². The maximum Gasteiger partial charge on any atom is 0.344 e. The fourth-order valence-corrected chi connectivity index (χ4v) is 23.3. The first-order chi connectivity index (χ1) is 22.1. The molecule has 1 fully saturated rings. The second-order valence-corrected chi connectivity index (χ2v) is 24.3. The smallest absolute Gasteiger partial charge is 0.344 e. The van der Waals surface area contributed by atoms with E-state index in [1.54, 1.807) is 101 Å². The minimum Gasteiger partial charge on any atom is -0.458 e. The van der Waals surface area contributed by atoms with E-state index in [1.165, 1.54) is 0 Å². The van der Waals surface area contributed by atoms with Crippen molar-refractivity contribution in [1.82, 2.24) is 0 Å². The number of hydrogen-bond donors (Lipinski definition) is 0. The molecule has 0 aromatic carbocycles. The van der Waals surface area contributed by atoms with Crippen LogP contribution in [0.25, 0.3) is 0 Å². The summed E-state index contributed by atoms with van der Waals surface area (Å²) in [6, 6.07) is 0. The molecule has 0 atom stereocenters. The standard InChI is InChI=1S/C32H48O12Si4/c1-25(2)29(33)37-17-13-21-45(9)41-46(10,22-14-18-38-30(34)26(3)4)43-48(12,24-16-20-40-32(36)28(7)8)44-47(11,42-45)23-15-19-39-31(35)27(5)6/h13-16,21-24H,1,3,5,7,17-20H2,2,4,6,8-12H3/b21-13+,22-14+,23-15+,24-16+. The second-order valence-electron chi connectivity index (χ2n) is 11.6. The van der Waals surface area contributed by atoms with E-state index in [4.69, 9.17) is 35.4 Å². The third-order valence-corrected chi connectivity index (χ3v) is 22.3. The summed E-state index contributed by atoms with van der Waals surface area (Å²) < 4.78 is 48.1. The molecule has 0 N–H and O–H groups in total. The molecule has 0 aromatic rings. The van der Waals surface area contributed by atoms with Crippen LogP contribution in [0, 0.1) is 0 Å². The van der Waals surface area contributed by atoms with E-state index < -0.39 is 58.1 Å². The van der Waals surface area contributed by atoms with Gasteiger partial charge in [0, 0.05) is 22.3 Å². The number of rotatable bonds is 16. The van der Waals surface area contributed by atoms with Crippen LogP contribution in [0.3, 0.4) is 0 Å². The fraction of sp³-hybridized carbons (Fsp3) is 0.375. The average molecular weight is 737 g/mol. The van der Waals surface area contributed by atoms with E-state index in [1.807, 2.05) is 0 Å². The van der Waals surface area contributed by atoms with Crippen molar-refractivity contribution in [3.63, 3.8) is 0 Å². The van der Waals surface area contributed by atoms with Crippen molar-refractivity contribution in [1.29, 1.82) is 0 Å². The van der Waals surface area contributed by atoms with E-state index in [2.05, 4.69) is 26.3 Å². The quantitative estimate of drug-likeness (QED) is 0.0889. The van der Waals surface area contributed by atoms with E-state index in [-0.39, 0.29) is 48.7 Å². The van der Waals surface area contributed by atoms with E-state index in [9.17, 15) is 19.2 Å². The zero-order valence-electron chi connectivity index (χ0n) is 29.2. The fourth-order valence-electron chi connectivity index (χ4n) is 4.00. The highest BCUT2D eigenvalue weighted by molar-refractivity contribution is 6.98. The summed E-state index contributed by atoms with van der Waals surface area (Å²) in [4.78, 5) is 47.7. The highest BCUT2D eigenvalue weighted by Crippen LogP contribution is 2.33. The number of carbonyl (C=O) groups is 4. The molecule has 48 heavy (non-hydrogen) atoms. The summed E-state index contributed by atoms with van der Waals surface area (Å²) in [5, 5.41) is 0. The molecule has 12 nitrogen and oxygen atoms in total. The molecule has 1 saturated heterocycles. The SMILES string of the molecule is C=C(C)C(=O)OC/C=C/[Si]1(C)O[Si](C)(/C=C/COC(=O)C(=C)C)O[Si](C)(/C=C/COC(=O)C(=C)C)O[Si](C)(/C=C/COC(=O)C(=C)C)O1. The first-order valence-corrected chi connectivity index (χ1v) is 24.5. The summed E-state index contributed by atoms with van der Waals surface area (Å²) in [6.45, 7) is 27.5. The van der Waals surface area contributed by atoms with Gasteiger partial charge < -0.3 is 35.4 Å². The number of hydrogen-bond acceptors (Lipinski definition) is 12. The van der Waals surface area contributed by atoms with Crippen molar-refractivity contribution in [2.24, 2.45) is 0 Å². The maximum atomic E-state index is 11.9. The van der Waals surface area contributed by atoms with Crippen LogP contribution in [0.4, 0.5) is 0 Å². The Morgan fingerprint density at radius 1 is 0.438 bits per heavy atom. The Balaban J connectivity index is 3.59. The van der Waals surface area contributed by atoms with Crippen LogP contribution in [-0.4, -0.2) is 84.5 Å². The topological polar surface area (TPSA) is 142 Å². The number of esters is 4. The van der Waals surface area contributed by atoms with Crippen molar-refractivity contribution in [3.05, 3.63) is 95.7 Å². The van der Waals surface area contributed by atoms with Gasteiger partial charge in [0.25, 0.3) is 0 Å². The van der Waals surface area contributed by atoms with Gasteiger partial charge in [-0.3, -0.25) is 0 Å². The normalized spacial score (nSPS) is 26.2. The predicted octanol–water partition coefficient (Wildman–Crippen LogP) is 5.21. The van der Waals surface area contributed by atoms with Crippen LogP contribution < -0.4 is 0 Å². The predicted molar refractivity (Wildman–Crippen MR) is 190 cm³/mol. The molecule has 0 spiro atoms. The molecule has 0 aromatic heterocycles. The Bertz CT molecular complexity index is 1180. The second kappa shape index (κ2) is 18.9. The molecule has 0 unspecified atom stereocenters. The Morgan fingerprint density at radius 2 is 0.604 bits per heavy atom. The highest BCUT2D eigenvalue weighted by atomic mass is 28.5. The third kappa shape index (κ3) is 15.6. The highest BCUT2D eigenvalue weighted by Gasteiger charge is 2.54. The first kappa shape index (κ1) is 42.5. The molecule has 0 radical (unpaired) electrons. The Labute approximate surface area is 288 Å². The van der Waals surface area contributed by atoms with Crippen molar-refractivity contribution in [2.45, 2.75) is 53.9 Å². The van der Waals surface area contributed by atoms with Gasteiger partial charge in [0.05, 0.1) is 0 Å². The van der Waals surface area contributed by atoms with Gasteiger partial charge in [-0.15, -0.1) is 0 Å². The van der Waals surface area contributed by atoms with Gasteiger partial charge in [-0.25, -0.2) is 19.2 Å². The lowest BCUT2D eigenvalue weighted by Gasteiger charge is -2.47. The van der Waals surface area contributed by atoms with Crippen LogP contribution >= 0.6 is 0 Å². The summed E-state index contributed by atoms with van der Waals surface area (Å²) in [7, 11) is -13.5. The van der Waals surface area contributed by atoms with Crippen LogP contribution in [0.5, 0.6) is 0 Å². The van der Waals surface area contributed by atoms with Crippen molar-refractivity contribution in [2.75, 3.05) is 26.4 Å². The molecule has 0 amide bonds. The largest absolute Gasteiger partial charge is 0.458 e. The number of carbonyl (C=O) groups excluding carboxylic acids is 4. The van der Waals surface area contributed by atoms with Gasteiger partial charge in [-0.05, 0) is 76.7 Å². The molecule has 0 aliphatic carbocycles. The first-order valence-electron chi connectivity index (χ1n) is 15.0. The summed E-state index contributed by atoms with van der Waals surface area (Å²) in [6.07, 6.45) is 6.51. The van der Waals surface area contributed by atoms with Gasteiger partial charge in [-0.2, -0.15) is 0 Å². The third-order valence-electron chi connectivity index (χ3n) is 5.94. The summed E-state index contributed by atoms with van der Waals surface area (Å²) >= 11 is 0. The lowest BCUT2D eigenvalue weighted by atomic mass is 10.4. The molecule has 16 heteroatoms. The molecule has 1 rings (SSSR count). The molecular formula is C32H48O12Si4. The van der Waals surface area contributed by atoms with Gasteiger partial charge in [-0.1, -0.05) is 50.6 Å². The van der Waals surface area contributed by atoms with Crippen molar-refractivity contribution >= 4 is 58.1 Å². The van der Waals surface area contributed by atoms with Crippen LogP contribution in [-0.2, 0) is 54.6 Å². The molecule has 1 aliphatic heterocycles. The monoisotopic (exact) mass is 736 g/mol. The van der Waals surface area contributed by atoms with E-state index >= 15 is 0 Å². The minimum atomic E-state index is -3.37. The minimum absolute atomic E-state index is 0.0588. The zero-order chi connectivity index (χ0) is 36.8. The average Bonchev–Trinajstić information content (AvgIpc) is 2.96. The van der Waals surface area contributed by atoms with E-state index in [0.29, 0.717) is 0 Å². The van der Waals surface area contributed by atoms with Gasteiger partial charge in [0.2, 0.25) is 0 Å². The molecule has 0 bridgehead atoms. The molecule has 1 heterocycles. The van der Waals surface area contributed by atoms with Crippen LogP contribution in [0.15, 0.2) is 95.7 Å². The van der Waals surface area contributed by atoms with Gasteiger partial charge in [0.1, 0.15) is 26.4 Å². The summed E-state index contributed by atoms with van der Waals surface area (Å²) in [5.74, 6) is -2.17. The summed E-state index contributed by atoms with van der Waals surface area (Å²) in [5.41, 5.74) is 7.93. The Kier molecular flexibility index (Phi) is 16.7. The lowest BCUT2D eigenvalue weighted by molar-refractivity contribution is -0.138. The van der Waals surface area contributed by atoms with E-state index in [0.717, 1.165) is 0 Å². The van der Waals surface area contributed by atoms with Crippen molar-refractivity contribution < 1.29 is 54.6 Å². The Morgan fingerprint density at radius 3 is 0.750 bits per heavy atom. The lowest BCUT2D eigenvalue weighted by Crippen LogP contribution is -2.66. The molecule has 1 aliphatic rings. The van der Waals surface area contributed by atoms with Crippen LogP contribution in [0.2, 0.25) is 26.2 Å². The van der Waals surface area contributed by atoms with Gasteiger partial charge >= 0.3 is 58.1 Å². The van der Waals surface area contributed by atoms with Crippen LogP contribution in [0.1, 0.15) is 27.7 Å². The molecular weight excluding hydrogens is 689 g/mol. The van der Waals surface area contributed by atoms with Gasteiger partial charge in [0.15, 0.2) is 0 Å².